The van der Waals surface area contributed by atoms with Gasteiger partial charge in [0.25, 0.3) is 0 Å². The van der Waals surface area contributed by atoms with E-state index in [0.29, 0.717) is 23.4 Å². The Bertz CT molecular complexity index is 487. The predicted octanol–water partition coefficient (Wildman–Crippen LogP) is 2.09. The van der Waals surface area contributed by atoms with Gasteiger partial charge in [-0.05, 0) is 18.2 Å². The molecule has 1 aromatic heterocycles. The van der Waals surface area contributed by atoms with Crippen LogP contribution in [0.15, 0.2) is 22.6 Å². The van der Waals surface area contributed by atoms with Crippen molar-refractivity contribution in [3.63, 3.8) is 0 Å². The number of carboxylic acids is 1. The van der Waals surface area contributed by atoms with Crippen LogP contribution in [0.5, 0.6) is 0 Å². The number of hydrogen-bond donors (Lipinski definition) is 1. The molecule has 0 fully saturated rings. The van der Waals surface area contributed by atoms with E-state index >= 15 is 0 Å². The molecule has 2 rings (SSSR count). The van der Waals surface area contributed by atoms with Gasteiger partial charge in [-0.2, -0.15) is 0 Å². The molecule has 2 aromatic rings. The minimum absolute atomic E-state index is 0.230. The first-order chi connectivity index (χ1) is 6.70. The standard InChI is InChI=1S/C10H9NO3/c1-2-9-11-7-5-6(10(12)13)3-4-8(7)14-9/h3-5H,2H2,1H3,(H,12,13). The first-order valence-electron chi connectivity index (χ1n) is 4.33. The number of benzene rings is 1. The molecule has 1 heterocycles. The maximum atomic E-state index is 10.7. The van der Waals surface area contributed by atoms with E-state index in [2.05, 4.69) is 4.98 Å². The lowest BCUT2D eigenvalue weighted by molar-refractivity contribution is 0.0697. The summed E-state index contributed by atoms with van der Waals surface area (Å²) < 4.78 is 5.35. The van der Waals surface area contributed by atoms with Crippen LogP contribution in [-0.4, -0.2) is 16.1 Å². The summed E-state index contributed by atoms with van der Waals surface area (Å²) in [5, 5.41) is 8.75. The molecule has 72 valence electrons. The molecule has 0 saturated carbocycles. The maximum Gasteiger partial charge on any atom is 0.335 e. The second-order valence-corrected chi connectivity index (χ2v) is 2.95. The molecule has 0 unspecified atom stereocenters. The third-order valence-electron chi connectivity index (χ3n) is 1.98. The van der Waals surface area contributed by atoms with Crippen molar-refractivity contribution in [2.24, 2.45) is 0 Å². The number of oxazole rings is 1. The molecule has 0 aliphatic rings. The summed E-state index contributed by atoms with van der Waals surface area (Å²) >= 11 is 0. The van der Waals surface area contributed by atoms with Gasteiger partial charge in [0.1, 0.15) is 5.52 Å². The number of aromatic nitrogens is 1. The molecule has 0 aliphatic heterocycles. The Balaban J connectivity index is 2.59. The van der Waals surface area contributed by atoms with Crippen LogP contribution in [0.1, 0.15) is 23.2 Å². The lowest BCUT2D eigenvalue weighted by Gasteiger charge is -1.91. The summed E-state index contributed by atoms with van der Waals surface area (Å²) in [6.07, 6.45) is 0.705. The van der Waals surface area contributed by atoms with Crippen molar-refractivity contribution < 1.29 is 14.3 Å². The van der Waals surface area contributed by atoms with Crippen molar-refractivity contribution in [1.82, 2.24) is 4.98 Å². The molecule has 0 bridgehead atoms. The summed E-state index contributed by atoms with van der Waals surface area (Å²) in [7, 11) is 0. The van der Waals surface area contributed by atoms with Gasteiger partial charge in [0.05, 0.1) is 5.56 Å². The Hall–Kier alpha value is -1.84. The highest BCUT2D eigenvalue weighted by atomic mass is 16.4. The molecule has 0 atom stereocenters. The molecule has 1 N–H and O–H groups in total. The second-order valence-electron chi connectivity index (χ2n) is 2.95. The third kappa shape index (κ3) is 1.35. The van der Waals surface area contributed by atoms with Crippen molar-refractivity contribution >= 4 is 17.1 Å². The van der Waals surface area contributed by atoms with Gasteiger partial charge in [-0.25, -0.2) is 9.78 Å². The summed E-state index contributed by atoms with van der Waals surface area (Å²) in [4.78, 5) is 14.8. The smallest absolute Gasteiger partial charge is 0.335 e. The number of nitrogens with zero attached hydrogens (tertiary/aromatic N) is 1. The zero-order chi connectivity index (χ0) is 10.1. The summed E-state index contributed by atoms with van der Waals surface area (Å²) in [5.41, 5.74) is 1.46. The van der Waals surface area contributed by atoms with Crippen molar-refractivity contribution in [1.29, 1.82) is 0 Å². The first-order valence-corrected chi connectivity index (χ1v) is 4.33. The van der Waals surface area contributed by atoms with Crippen molar-refractivity contribution in [3.05, 3.63) is 29.7 Å². The fraction of sp³-hybridized carbons (Fsp3) is 0.200. The molecule has 14 heavy (non-hydrogen) atoms. The molecular weight excluding hydrogens is 182 g/mol. The Morgan fingerprint density at radius 1 is 1.57 bits per heavy atom. The Kier molecular flexibility index (Phi) is 1.96. The quantitative estimate of drug-likeness (QED) is 0.789. The van der Waals surface area contributed by atoms with Gasteiger partial charge in [-0.1, -0.05) is 6.92 Å². The highest BCUT2D eigenvalue weighted by molar-refractivity contribution is 5.91. The Morgan fingerprint density at radius 3 is 3.00 bits per heavy atom. The van der Waals surface area contributed by atoms with Gasteiger partial charge >= 0.3 is 5.97 Å². The Morgan fingerprint density at radius 2 is 2.36 bits per heavy atom. The van der Waals surface area contributed by atoms with Crippen LogP contribution in [0.2, 0.25) is 0 Å². The Labute approximate surface area is 80.2 Å². The molecule has 1 aromatic carbocycles. The number of hydrogen-bond acceptors (Lipinski definition) is 3. The van der Waals surface area contributed by atoms with Gasteiger partial charge in [0.15, 0.2) is 11.5 Å². The summed E-state index contributed by atoms with van der Waals surface area (Å²) in [6.45, 7) is 1.93. The summed E-state index contributed by atoms with van der Waals surface area (Å²) in [6, 6.07) is 4.65. The maximum absolute atomic E-state index is 10.7. The van der Waals surface area contributed by atoms with Gasteiger partial charge in [-0.3, -0.25) is 0 Å². The van der Waals surface area contributed by atoms with E-state index in [0.717, 1.165) is 0 Å². The van der Waals surface area contributed by atoms with Crippen molar-refractivity contribution in [2.45, 2.75) is 13.3 Å². The molecule has 0 aliphatic carbocycles. The average Bonchev–Trinajstić information content (AvgIpc) is 2.58. The number of carbonyl (C=O) groups is 1. The minimum atomic E-state index is -0.951. The lowest BCUT2D eigenvalue weighted by atomic mass is 10.2. The fourth-order valence-electron chi connectivity index (χ4n) is 1.26. The molecule has 4 nitrogen and oxygen atoms in total. The highest BCUT2D eigenvalue weighted by Gasteiger charge is 2.08. The zero-order valence-electron chi connectivity index (χ0n) is 7.65. The highest BCUT2D eigenvalue weighted by Crippen LogP contribution is 2.17. The SMILES string of the molecule is CCc1nc2cc(C(=O)O)ccc2o1. The number of rotatable bonds is 2. The number of aromatic carboxylic acids is 1. The number of carboxylic acid groups (broad SMARTS) is 1. The molecule has 0 amide bonds. The second kappa shape index (κ2) is 3.14. The topological polar surface area (TPSA) is 63.3 Å². The van der Waals surface area contributed by atoms with Crippen LogP contribution in [0.4, 0.5) is 0 Å². The minimum Gasteiger partial charge on any atom is -0.478 e. The van der Waals surface area contributed by atoms with Gasteiger partial charge in [-0.15, -0.1) is 0 Å². The van der Waals surface area contributed by atoms with Crippen LogP contribution < -0.4 is 0 Å². The largest absolute Gasteiger partial charge is 0.478 e. The molecule has 0 spiro atoms. The predicted molar refractivity (Wildman–Crippen MR) is 50.3 cm³/mol. The summed E-state index contributed by atoms with van der Waals surface area (Å²) in [5.74, 6) is -0.324. The molecule has 0 radical (unpaired) electrons. The zero-order valence-corrected chi connectivity index (χ0v) is 7.65. The van der Waals surface area contributed by atoms with Crippen LogP contribution in [0.25, 0.3) is 11.1 Å². The van der Waals surface area contributed by atoms with E-state index in [-0.39, 0.29) is 5.56 Å². The number of fused-ring (bicyclic) bond motifs is 1. The van der Waals surface area contributed by atoms with Crippen LogP contribution in [-0.2, 0) is 6.42 Å². The third-order valence-corrected chi connectivity index (χ3v) is 1.98. The molecular formula is C10H9NO3. The van der Waals surface area contributed by atoms with E-state index in [4.69, 9.17) is 9.52 Å². The van der Waals surface area contributed by atoms with Crippen LogP contribution >= 0.6 is 0 Å². The van der Waals surface area contributed by atoms with Crippen molar-refractivity contribution in [3.8, 4) is 0 Å². The van der Waals surface area contributed by atoms with Crippen LogP contribution in [0.3, 0.4) is 0 Å². The van der Waals surface area contributed by atoms with E-state index in [1.165, 1.54) is 12.1 Å². The number of aryl methyl sites for hydroxylation is 1. The monoisotopic (exact) mass is 191 g/mol. The van der Waals surface area contributed by atoms with E-state index in [1.807, 2.05) is 6.92 Å². The van der Waals surface area contributed by atoms with Crippen LogP contribution in [0, 0.1) is 0 Å². The lowest BCUT2D eigenvalue weighted by Crippen LogP contribution is -1.94. The molecule has 0 saturated heterocycles. The van der Waals surface area contributed by atoms with Gasteiger partial charge < -0.3 is 9.52 Å². The van der Waals surface area contributed by atoms with Gasteiger partial charge in [0, 0.05) is 6.42 Å². The first kappa shape index (κ1) is 8.74. The van der Waals surface area contributed by atoms with E-state index in [9.17, 15) is 4.79 Å². The fourth-order valence-corrected chi connectivity index (χ4v) is 1.26. The van der Waals surface area contributed by atoms with E-state index < -0.39 is 5.97 Å². The normalized spacial score (nSPS) is 10.6. The van der Waals surface area contributed by atoms with E-state index in [1.54, 1.807) is 6.07 Å². The molecule has 4 heteroatoms. The van der Waals surface area contributed by atoms with Gasteiger partial charge in [0.2, 0.25) is 0 Å². The van der Waals surface area contributed by atoms with Crippen molar-refractivity contribution in [2.75, 3.05) is 0 Å². The average molecular weight is 191 g/mol.